The van der Waals surface area contributed by atoms with Crippen molar-refractivity contribution in [3.05, 3.63) is 60.0 Å². The van der Waals surface area contributed by atoms with Crippen molar-refractivity contribution in [1.29, 1.82) is 0 Å². The summed E-state index contributed by atoms with van der Waals surface area (Å²) in [5, 5.41) is 3.05. The van der Waals surface area contributed by atoms with Crippen LogP contribution in [0.25, 0.3) is 11.2 Å². The molecule has 1 atom stereocenters. The third-order valence-corrected chi connectivity index (χ3v) is 6.65. The standard InChI is InChI=1S/C24H29N5O/c30-24(25-11-13-28-12-10-19(16-28)18-6-2-1-3-7-18)20-14-22-23(26-15-20)29(17-27-22)21-8-4-5-9-21/h1-3,6-7,14-15,17,19,21H,4-5,8-13,16H2,(H,25,30). The Labute approximate surface area is 177 Å². The highest BCUT2D eigenvalue weighted by atomic mass is 16.1. The largest absolute Gasteiger partial charge is 0.351 e. The molecular weight excluding hydrogens is 374 g/mol. The van der Waals surface area contributed by atoms with Crippen LogP contribution in [-0.4, -0.2) is 51.5 Å². The molecule has 5 rings (SSSR count). The predicted octanol–water partition coefficient (Wildman–Crippen LogP) is 3.77. The number of benzene rings is 1. The normalized spacial score (nSPS) is 20.2. The Kier molecular flexibility index (Phi) is 5.49. The number of nitrogens with zero attached hydrogens (tertiary/aromatic N) is 4. The zero-order chi connectivity index (χ0) is 20.3. The molecule has 30 heavy (non-hydrogen) atoms. The van der Waals surface area contributed by atoms with Crippen LogP contribution in [0.15, 0.2) is 48.9 Å². The van der Waals surface area contributed by atoms with Gasteiger partial charge in [0.25, 0.3) is 5.91 Å². The van der Waals surface area contributed by atoms with Gasteiger partial charge < -0.3 is 14.8 Å². The van der Waals surface area contributed by atoms with E-state index in [1.807, 2.05) is 12.4 Å². The smallest absolute Gasteiger partial charge is 0.252 e. The molecule has 6 nitrogen and oxygen atoms in total. The van der Waals surface area contributed by atoms with E-state index in [4.69, 9.17) is 0 Å². The third kappa shape index (κ3) is 3.97. The maximum absolute atomic E-state index is 12.6. The van der Waals surface area contributed by atoms with E-state index in [9.17, 15) is 4.79 Å². The number of rotatable bonds is 6. The molecule has 0 bridgehead atoms. The number of nitrogens with one attached hydrogen (secondary N) is 1. The van der Waals surface area contributed by atoms with E-state index < -0.39 is 0 Å². The molecule has 0 spiro atoms. The molecule has 6 heteroatoms. The van der Waals surface area contributed by atoms with Crippen molar-refractivity contribution < 1.29 is 4.79 Å². The van der Waals surface area contributed by atoms with Gasteiger partial charge in [0.1, 0.15) is 5.52 Å². The van der Waals surface area contributed by atoms with Crippen LogP contribution in [0.1, 0.15) is 60.0 Å². The van der Waals surface area contributed by atoms with Gasteiger partial charge in [0.05, 0.1) is 11.9 Å². The molecule has 3 heterocycles. The van der Waals surface area contributed by atoms with E-state index in [0.29, 0.717) is 24.1 Å². The fraction of sp³-hybridized carbons (Fsp3) is 0.458. The van der Waals surface area contributed by atoms with Crippen molar-refractivity contribution in [1.82, 2.24) is 24.8 Å². The van der Waals surface area contributed by atoms with Crippen molar-refractivity contribution >= 4 is 17.1 Å². The van der Waals surface area contributed by atoms with Gasteiger partial charge in [-0.2, -0.15) is 0 Å². The maximum Gasteiger partial charge on any atom is 0.252 e. The third-order valence-electron chi connectivity index (χ3n) is 6.65. The molecule has 156 valence electrons. The van der Waals surface area contributed by atoms with E-state index in [1.54, 1.807) is 6.20 Å². The number of fused-ring (bicyclic) bond motifs is 1. The fourth-order valence-corrected chi connectivity index (χ4v) is 4.96. The van der Waals surface area contributed by atoms with E-state index >= 15 is 0 Å². The van der Waals surface area contributed by atoms with E-state index in [2.05, 4.69) is 55.1 Å². The van der Waals surface area contributed by atoms with Crippen LogP contribution in [0.5, 0.6) is 0 Å². The minimum atomic E-state index is -0.0707. The number of likely N-dealkylation sites (tertiary alicyclic amines) is 1. The van der Waals surface area contributed by atoms with Crippen LogP contribution in [0.4, 0.5) is 0 Å². The first-order valence-corrected chi connectivity index (χ1v) is 11.2. The van der Waals surface area contributed by atoms with Crippen LogP contribution in [0.2, 0.25) is 0 Å². The second-order valence-corrected chi connectivity index (χ2v) is 8.61. The Balaban J connectivity index is 1.15. The first-order valence-electron chi connectivity index (χ1n) is 11.2. The Bertz CT molecular complexity index is 1010. The van der Waals surface area contributed by atoms with Gasteiger partial charge in [0.15, 0.2) is 5.65 Å². The van der Waals surface area contributed by atoms with Crippen LogP contribution in [0.3, 0.4) is 0 Å². The molecule has 2 aliphatic rings. The molecule has 1 unspecified atom stereocenters. The molecular formula is C24H29N5O. The lowest BCUT2D eigenvalue weighted by Crippen LogP contribution is -2.33. The number of hydrogen-bond acceptors (Lipinski definition) is 4. The van der Waals surface area contributed by atoms with Crippen molar-refractivity contribution in [2.45, 2.75) is 44.1 Å². The molecule has 2 aromatic heterocycles. The van der Waals surface area contributed by atoms with E-state index in [1.165, 1.54) is 37.7 Å². The van der Waals surface area contributed by atoms with Gasteiger partial charge in [-0.25, -0.2) is 9.97 Å². The van der Waals surface area contributed by atoms with E-state index in [0.717, 1.165) is 30.8 Å². The van der Waals surface area contributed by atoms with Crippen molar-refractivity contribution in [3.8, 4) is 0 Å². The summed E-state index contributed by atoms with van der Waals surface area (Å²) >= 11 is 0. The number of pyridine rings is 1. The van der Waals surface area contributed by atoms with Crippen LogP contribution in [0, 0.1) is 0 Å². The quantitative estimate of drug-likeness (QED) is 0.681. The summed E-state index contributed by atoms with van der Waals surface area (Å²) in [4.78, 5) is 24.1. The Morgan fingerprint density at radius 2 is 1.93 bits per heavy atom. The fourth-order valence-electron chi connectivity index (χ4n) is 4.96. The second kappa shape index (κ2) is 8.56. The van der Waals surface area contributed by atoms with Gasteiger partial charge in [-0.1, -0.05) is 43.2 Å². The first-order chi connectivity index (χ1) is 14.8. The summed E-state index contributed by atoms with van der Waals surface area (Å²) in [5.74, 6) is 0.530. The SMILES string of the molecule is O=C(NCCN1CCC(c2ccccc2)C1)c1cnc2c(c1)ncn2C1CCCC1. The molecule has 2 fully saturated rings. The zero-order valence-electron chi connectivity index (χ0n) is 17.3. The molecule has 1 aliphatic carbocycles. The average molecular weight is 404 g/mol. The van der Waals surface area contributed by atoms with Gasteiger partial charge in [-0.15, -0.1) is 0 Å². The van der Waals surface area contributed by atoms with Crippen molar-refractivity contribution in [2.24, 2.45) is 0 Å². The highest BCUT2D eigenvalue weighted by Crippen LogP contribution is 2.31. The Morgan fingerprint density at radius 3 is 2.77 bits per heavy atom. The summed E-state index contributed by atoms with van der Waals surface area (Å²) < 4.78 is 2.18. The second-order valence-electron chi connectivity index (χ2n) is 8.61. The molecule has 1 saturated heterocycles. The van der Waals surface area contributed by atoms with Crippen molar-refractivity contribution in [2.75, 3.05) is 26.2 Å². The number of carbonyl (C=O) groups is 1. The summed E-state index contributed by atoms with van der Waals surface area (Å²) in [5.41, 5.74) is 3.70. The minimum Gasteiger partial charge on any atom is -0.351 e. The summed E-state index contributed by atoms with van der Waals surface area (Å²) in [6.07, 6.45) is 9.68. The summed E-state index contributed by atoms with van der Waals surface area (Å²) in [7, 11) is 0. The lowest BCUT2D eigenvalue weighted by atomic mass is 9.99. The highest BCUT2D eigenvalue weighted by molar-refractivity contribution is 5.96. The van der Waals surface area contributed by atoms with Gasteiger partial charge >= 0.3 is 0 Å². The topological polar surface area (TPSA) is 63.1 Å². The average Bonchev–Trinajstić information content (AvgIpc) is 3.54. The minimum absolute atomic E-state index is 0.0707. The lowest BCUT2D eigenvalue weighted by molar-refractivity contribution is 0.0949. The first kappa shape index (κ1) is 19.2. The van der Waals surface area contributed by atoms with Crippen LogP contribution < -0.4 is 5.32 Å². The molecule has 1 aliphatic heterocycles. The van der Waals surface area contributed by atoms with Gasteiger partial charge in [-0.3, -0.25) is 4.79 Å². The van der Waals surface area contributed by atoms with Gasteiger partial charge in [0, 0.05) is 31.9 Å². The molecule has 1 saturated carbocycles. The molecule has 1 amide bonds. The molecule has 0 radical (unpaired) electrons. The lowest BCUT2D eigenvalue weighted by Gasteiger charge is -2.16. The highest BCUT2D eigenvalue weighted by Gasteiger charge is 2.23. The molecule has 3 aromatic rings. The number of carbonyl (C=O) groups excluding carboxylic acids is 1. The van der Waals surface area contributed by atoms with Gasteiger partial charge in [-0.05, 0) is 43.4 Å². The zero-order valence-corrected chi connectivity index (χ0v) is 17.3. The monoisotopic (exact) mass is 403 g/mol. The van der Waals surface area contributed by atoms with Crippen LogP contribution >= 0.6 is 0 Å². The summed E-state index contributed by atoms with van der Waals surface area (Å²) in [6.45, 7) is 3.67. The van der Waals surface area contributed by atoms with E-state index in [-0.39, 0.29) is 5.91 Å². The number of amides is 1. The molecule has 1 aromatic carbocycles. The van der Waals surface area contributed by atoms with Gasteiger partial charge in [0.2, 0.25) is 0 Å². The van der Waals surface area contributed by atoms with Crippen molar-refractivity contribution in [3.63, 3.8) is 0 Å². The Morgan fingerprint density at radius 1 is 1.10 bits per heavy atom. The summed E-state index contributed by atoms with van der Waals surface area (Å²) in [6, 6.07) is 13.1. The number of hydrogen-bond donors (Lipinski definition) is 1. The maximum atomic E-state index is 12.6. The van der Waals surface area contributed by atoms with Crippen LogP contribution in [-0.2, 0) is 0 Å². The number of imidazole rings is 1. The number of aromatic nitrogens is 3. The predicted molar refractivity (Wildman–Crippen MR) is 118 cm³/mol. The Hall–Kier alpha value is -2.73. The molecule has 1 N–H and O–H groups in total.